The number of aromatic nitrogens is 2. The van der Waals surface area contributed by atoms with Crippen molar-refractivity contribution in [2.24, 2.45) is 0 Å². The highest BCUT2D eigenvalue weighted by Gasteiger charge is 2.23. The molecule has 0 aliphatic heterocycles. The van der Waals surface area contributed by atoms with E-state index in [1.165, 1.54) is 0 Å². The van der Waals surface area contributed by atoms with Crippen molar-refractivity contribution in [1.29, 1.82) is 0 Å². The number of carbonyl (C=O) groups is 1. The molecule has 0 fully saturated rings. The Kier molecular flexibility index (Phi) is 6.70. The fourth-order valence-electron chi connectivity index (χ4n) is 3.31. The van der Waals surface area contributed by atoms with E-state index in [0.29, 0.717) is 12.1 Å². The lowest BCUT2D eigenvalue weighted by Crippen LogP contribution is -2.38. The highest BCUT2D eigenvalue weighted by atomic mass is 79.9. The Labute approximate surface area is 173 Å². The van der Waals surface area contributed by atoms with E-state index in [2.05, 4.69) is 45.1 Å². The second-order valence-electron chi connectivity index (χ2n) is 6.49. The monoisotopic (exact) mass is 444 g/mol. The Morgan fingerprint density at radius 1 is 1.25 bits per heavy atom. The first kappa shape index (κ1) is 20.4. The van der Waals surface area contributed by atoms with Gasteiger partial charge in [-0.1, -0.05) is 29.8 Å². The van der Waals surface area contributed by atoms with Crippen molar-refractivity contribution in [3.63, 3.8) is 0 Å². The number of hydrogen-bond donors (Lipinski definition) is 1. The van der Waals surface area contributed by atoms with Crippen molar-refractivity contribution >= 4 is 21.8 Å². The molecule has 3 rings (SSSR count). The van der Waals surface area contributed by atoms with Crippen LogP contribution in [0.3, 0.4) is 0 Å². The molecule has 1 atom stereocenters. The molecule has 0 saturated carbocycles. The molecule has 1 aromatic carbocycles. The molecule has 0 aliphatic carbocycles. The molecule has 6 nitrogen and oxygen atoms in total. The van der Waals surface area contributed by atoms with Gasteiger partial charge in [-0.15, -0.1) is 0 Å². The molecule has 28 heavy (non-hydrogen) atoms. The third kappa shape index (κ3) is 4.36. The van der Waals surface area contributed by atoms with Crippen LogP contribution in [-0.4, -0.2) is 40.2 Å². The Hall–Kier alpha value is -2.38. The summed E-state index contributed by atoms with van der Waals surface area (Å²) in [7, 11) is 0. The molecule has 2 heterocycles. The number of hydrogen-bond acceptors (Lipinski definition) is 4. The second-order valence-corrected chi connectivity index (χ2v) is 7.41. The van der Waals surface area contributed by atoms with Gasteiger partial charge in [0, 0.05) is 11.0 Å². The van der Waals surface area contributed by atoms with Gasteiger partial charge in [-0.2, -0.15) is 5.10 Å². The van der Waals surface area contributed by atoms with Crippen molar-refractivity contribution in [2.75, 3.05) is 19.6 Å². The van der Waals surface area contributed by atoms with Gasteiger partial charge in [0.15, 0.2) is 0 Å². The first-order valence-corrected chi connectivity index (χ1v) is 10.2. The number of likely N-dealkylation sites (N-methyl/N-ethyl adjacent to an activating group) is 1. The van der Waals surface area contributed by atoms with Gasteiger partial charge < -0.3 is 9.73 Å². The lowest BCUT2D eigenvalue weighted by molar-refractivity contribution is 0.0929. The van der Waals surface area contributed by atoms with E-state index in [1.807, 2.05) is 43.3 Å². The lowest BCUT2D eigenvalue weighted by Gasteiger charge is -2.28. The van der Waals surface area contributed by atoms with Crippen LogP contribution in [0.1, 0.15) is 41.7 Å². The zero-order valence-corrected chi connectivity index (χ0v) is 17.9. The third-order valence-electron chi connectivity index (χ3n) is 4.91. The normalized spacial score (nSPS) is 12.3. The Balaban J connectivity index is 1.74. The van der Waals surface area contributed by atoms with Crippen LogP contribution in [0.5, 0.6) is 0 Å². The molecule has 7 heteroatoms. The molecule has 0 spiro atoms. The maximum Gasteiger partial charge on any atom is 0.254 e. The first-order valence-electron chi connectivity index (χ1n) is 9.41. The molecule has 148 valence electrons. The van der Waals surface area contributed by atoms with Crippen LogP contribution in [0.4, 0.5) is 0 Å². The molecular weight excluding hydrogens is 420 g/mol. The van der Waals surface area contributed by atoms with E-state index in [-0.39, 0.29) is 11.9 Å². The molecular formula is C21H25BrN4O2. The molecule has 0 bridgehead atoms. The van der Waals surface area contributed by atoms with Gasteiger partial charge in [-0.25, -0.2) is 4.68 Å². The van der Waals surface area contributed by atoms with Crippen LogP contribution in [0, 0.1) is 6.92 Å². The number of nitrogens with zero attached hydrogens (tertiary/aromatic N) is 3. The molecule has 0 aliphatic rings. The van der Waals surface area contributed by atoms with Crippen molar-refractivity contribution in [3.8, 4) is 5.69 Å². The number of carbonyl (C=O) groups excluding carboxylic acids is 1. The van der Waals surface area contributed by atoms with Gasteiger partial charge >= 0.3 is 0 Å². The van der Waals surface area contributed by atoms with Crippen LogP contribution >= 0.6 is 15.9 Å². The number of halogens is 1. The van der Waals surface area contributed by atoms with Crippen LogP contribution in [0.15, 0.2) is 57.7 Å². The summed E-state index contributed by atoms with van der Waals surface area (Å²) in [4.78, 5) is 15.1. The fraction of sp³-hybridized carbons (Fsp3) is 0.333. The highest BCUT2D eigenvalue weighted by Crippen LogP contribution is 2.21. The van der Waals surface area contributed by atoms with Crippen molar-refractivity contribution < 1.29 is 9.21 Å². The zero-order valence-electron chi connectivity index (χ0n) is 16.4. The van der Waals surface area contributed by atoms with Crippen molar-refractivity contribution in [2.45, 2.75) is 26.8 Å². The summed E-state index contributed by atoms with van der Waals surface area (Å²) in [6.45, 7) is 8.33. The molecule has 1 N–H and O–H groups in total. The molecule has 3 aromatic rings. The predicted molar refractivity (Wildman–Crippen MR) is 113 cm³/mol. The SMILES string of the molecule is CCN(CC)C(CNC(=O)c1cnn(-c2ccc(Br)cc2)c1C)c1ccco1. The average Bonchev–Trinajstić information content (AvgIpc) is 3.36. The van der Waals surface area contributed by atoms with Crippen molar-refractivity contribution in [1.82, 2.24) is 20.0 Å². The molecule has 0 saturated heterocycles. The molecule has 2 aromatic heterocycles. The summed E-state index contributed by atoms with van der Waals surface area (Å²) < 4.78 is 8.37. The van der Waals surface area contributed by atoms with E-state index in [0.717, 1.165) is 34.7 Å². The van der Waals surface area contributed by atoms with Gasteiger partial charge in [-0.05, 0) is 56.4 Å². The van der Waals surface area contributed by atoms with Gasteiger partial charge in [0.1, 0.15) is 5.76 Å². The maximum atomic E-state index is 12.8. The highest BCUT2D eigenvalue weighted by molar-refractivity contribution is 9.10. The number of rotatable bonds is 8. The molecule has 1 unspecified atom stereocenters. The fourth-order valence-corrected chi connectivity index (χ4v) is 3.58. The smallest absolute Gasteiger partial charge is 0.254 e. The minimum Gasteiger partial charge on any atom is -0.468 e. The number of nitrogens with one attached hydrogen (secondary N) is 1. The minimum absolute atomic E-state index is 0.00391. The largest absolute Gasteiger partial charge is 0.468 e. The Bertz CT molecular complexity index is 899. The second kappa shape index (κ2) is 9.21. The predicted octanol–water partition coefficient (Wildman–Crippen LogP) is 4.35. The number of furan rings is 1. The maximum absolute atomic E-state index is 12.8. The first-order chi connectivity index (χ1) is 13.5. The molecule has 1 amide bonds. The topological polar surface area (TPSA) is 63.3 Å². The van der Waals surface area contributed by atoms with Gasteiger partial charge in [0.25, 0.3) is 5.91 Å². The van der Waals surface area contributed by atoms with Crippen LogP contribution in [0.2, 0.25) is 0 Å². The Morgan fingerprint density at radius 2 is 1.96 bits per heavy atom. The quantitative estimate of drug-likeness (QED) is 0.560. The van der Waals surface area contributed by atoms with E-state index in [1.54, 1.807) is 17.1 Å². The summed E-state index contributed by atoms with van der Waals surface area (Å²) in [6, 6.07) is 11.6. The third-order valence-corrected chi connectivity index (χ3v) is 5.43. The van der Waals surface area contributed by atoms with E-state index in [4.69, 9.17) is 4.42 Å². The standard InChI is InChI=1S/C21H25BrN4O2/c1-4-25(5-2)19(20-7-6-12-28-20)14-23-21(27)18-13-24-26(15(18)3)17-10-8-16(22)9-11-17/h6-13,19H,4-5,14H2,1-3H3,(H,23,27). The van der Waals surface area contributed by atoms with Gasteiger partial charge in [-0.3, -0.25) is 9.69 Å². The van der Waals surface area contributed by atoms with E-state index >= 15 is 0 Å². The van der Waals surface area contributed by atoms with Gasteiger partial charge in [0.05, 0.1) is 35.4 Å². The van der Waals surface area contributed by atoms with Crippen LogP contribution in [0.25, 0.3) is 5.69 Å². The molecule has 0 radical (unpaired) electrons. The summed E-state index contributed by atoms with van der Waals surface area (Å²) in [5.41, 5.74) is 2.29. The Morgan fingerprint density at radius 3 is 2.57 bits per heavy atom. The summed E-state index contributed by atoms with van der Waals surface area (Å²) in [5.74, 6) is 0.718. The van der Waals surface area contributed by atoms with Crippen molar-refractivity contribution in [3.05, 3.63) is 70.3 Å². The average molecular weight is 445 g/mol. The summed E-state index contributed by atoms with van der Waals surface area (Å²) >= 11 is 3.43. The lowest BCUT2D eigenvalue weighted by atomic mass is 10.1. The summed E-state index contributed by atoms with van der Waals surface area (Å²) in [6.07, 6.45) is 3.28. The summed E-state index contributed by atoms with van der Waals surface area (Å²) in [5, 5.41) is 7.44. The van der Waals surface area contributed by atoms with Gasteiger partial charge in [0.2, 0.25) is 0 Å². The minimum atomic E-state index is -0.135. The van der Waals surface area contributed by atoms with Crippen LogP contribution in [-0.2, 0) is 0 Å². The zero-order chi connectivity index (χ0) is 20.1. The number of amides is 1. The number of benzene rings is 1. The van der Waals surface area contributed by atoms with Crippen LogP contribution < -0.4 is 5.32 Å². The van der Waals surface area contributed by atoms with E-state index in [9.17, 15) is 4.79 Å². The van der Waals surface area contributed by atoms with E-state index < -0.39 is 0 Å².